The summed E-state index contributed by atoms with van der Waals surface area (Å²) in [4.78, 5) is 77.1. The van der Waals surface area contributed by atoms with E-state index >= 15 is 0 Å². The number of hydrogen-bond donors (Lipinski definition) is 3. The summed E-state index contributed by atoms with van der Waals surface area (Å²) in [5, 5.41) is 11.9. The Kier molecular flexibility index (Phi) is 11.5. The van der Waals surface area contributed by atoms with Gasteiger partial charge in [0.2, 0.25) is 5.91 Å². The minimum absolute atomic E-state index is 0.00640. The van der Waals surface area contributed by atoms with Crippen molar-refractivity contribution in [3.05, 3.63) is 118 Å². The zero-order valence-corrected chi connectivity index (χ0v) is 36.9. The van der Waals surface area contributed by atoms with Crippen LogP contribution in [0.3, 0.4) is 0 Å². The van der Waals surface area contributed by atoms with Crippen molar-refractivity contribution in [2.24, 2.45) is 19.1 Å². The van der Waals surface area contributed by atoms with Gasteiger partial charge in [0.15, 0.2) is 10.9 Å². The van der Waals surface area contributed by atoms with Crippen molar-refractivity contribution in [3.63, 3.8) is 0 Å². The van der Waals surface area contributed by atoms with Crippen molar-refractivity contribution >= 4 is 80.1 Å². The summed E-state index contributed by atoms with van der Waals surface area (Å²) < 4.78 is 10.9. The quantitative estimate of drug-likeness (QED) is 0.0596. The number of carbonyl (C=O) groups excluding carboxylic acids is 5. The fourth-order valence-corrected chi connectivity index (χ4v) is 8.61. The Bertz CT molecular complexity index is 2870. The third-order valence-electron chi connectivity index (χ3n) is 10.9. The first-order chi connectivity index (χ1) is 30.0. The topological polar surface area (TPSA) is 174 Å². The molecular weight excluding hydrogens is 819 g/mol. The van der Waals surface area contributed by atoms with Crippen molar-refractivity contribution in [2.75, 3.05) is 29.1 Å². The Balaban J connectivity index is 0.820. The molecule has 3 N–H and O–H groups in total. The summed E-state index contributed by atoms with van der Waals surface area (Å²) in [6.07, 6.45) is 8.23. The van der Waals surface area contributed by atoms with Crippen molar-refractivity contribution in [1.82, 2.24) is 23.6 Å². The summed E-state index contributed by atoms with van der Waals surface area (Å²) in [5.41, 5.74) is 6.41. The highest BCUT2D eigenvalue weighted by molar-refractivity contribution is 7.14. The van der Waals surface area contributed by atoms with Gasteiger partial charge >= 0.3 is 0 Å². The minimum Gasteiger partial charge on any atom is -0.493 e. The number of aryl methyl sites for hydroxylation is 3. The molecule has 0 saturated carbocycles. The first kappa shape index (κ1) is 42.6. The number of aromatic nitrogens is 4. The monoisotopic (exact) mass is 867 g/mol. The van der Waals surface area contributed by atoms with E-state index in [-0.39, 0.29) is 60.2 Å². The second-order valence-corrected chi connectivity index (χ2v) is 18.0. The van der Waals surface area contributed by atoms with Crippen LogP contribution in [-0.4, -0.2) is 83.9 Å². The van der Waals surface area contributed by atoms with Crippen LogP contribution in [0.2, 0.25) is 0 Å². The molecule has 0 unspecified atom stereocenters. The van der Waals surface area contributed by atoms with E-state index in [0.29, 0.717) is 64.2 Å². The fourth-order valence-electron chi connectivity index (χ4n) is 7.88. The van der Waals surface area contributed by atoms with Crippen LogP contribution in [0.4, 0.5) is 22.2 Å². The molecule has 0 radical (unpaired) electrons. The maximum atomic E-state index is 13.8. The number of benzene rings is 2. The van der Waals surface area contributed by atoms with Crippen LogP contribution in [-0.2, 0) is 25.3 Å². The molecule has 6 heterocycles. The lowest BCUT2D eigenvalue weighted by Gasteiger charge is -2.22. The SMILES string of the molecule is C=C1C[C@H]2C=Nc3cc(OCCCC(=O)Nc4nc(C(=O)Cc5cc(C(=O)Nc6cc(C(=O)n7ccc8ccc(NC(C)(C)C)cc87)n(C)c6)n(C)c5)cs4)c(C)cc3C(=O)N2C1. The van der Waals surface area contributed by atoms with E-state index < -0.39 is 5.91 Å². The summed E-state index contributed by atoms with van der Waals surface area (Å²) in [6.45, 7) is 12.9. The third kappa shape index (κ3) is 9.26. The molecule has 0 spiro atoms. The summed E-state index contributed by atoms with van der Waals surface area (Å²) in [7, 11) is 3.47. The average molecular weight is 868 g/mol. The number of amides is 3. The molecule has 4 aromatic heterocycles. The Hall–Kier alpha value is -7.07. The number of Topliss-reactive ketones (excluding diaryl/α,β-unsaturated/α-hetero) is 1. The van der Waals surface area contributed by atoms with Crippen LogP contribution in [0.25, 0.3) is 10.9 Å². The van der Waals surface area contributed by atoms with Gasteiger partial charge in [-0.1, -0.05) is 18.2 Å². The van der Waals surface area contributed by atoms with E-state index in [4.69, 9.17) is 4.74 Å². The van der Waals surface area contributed by atoms with Crippen LogP contribution in [0.5, 0.6) is 5.75 Å². The van der Waals surface area contributed by atoms with E-state index in [1.54, 1.807) is 87.1 Å². The van der Waals surface area contributed by atoms with Crippen LogP contribution >= 0.6 is 11.3 Å². The van der Waals surface area contributed by atoms with Crippen molar-refractivity contribution in [2.45, 2.75) is 65.0 Å². The van der Waals surface area contributed by atoms with E-state index in [1.165, 1.54) is 0 Å². The molecule has 8 rings (SSSR count). The summed E-state index contributed by atoms with van der Waals surface area (Å²) in [5.74, 6) is -0.648. The average Bonchev–Trinajstić information content (AvgIpc) is 4.06. The first-order valence-corrected chi connectivity index (χ1v) is 21.5. The van der Waals surface area contributed by atoms with Crippen LogP contribution in [0.15, 0.2) is 89.6 Å². The lowest BCUT2D eigenvalue weighted by Crippen LogP contribution is -2.35. The van der Waals surface area contributed by atoms with Gasteiger partial charge in [0, 0.05) is 86.3 Å². The molecule has 16 heteroatoms. The van der Waals surface area contributed by atoms with Gasteiger partial charge in [-0.25, -0.2) is 4.98 Å². The lowest BCUT2D eigenvalue weighted by molar-refractivity contribution is -0.116. The van der Waals surface area contributed by atoms with E-state index in [0.717, 1.165) is 39.1 Å². The molecule has 0 aliphatic carbocycles. The second kappa shape index (κ2) is 17.0. The normalized spacial score (nSPS) is 14.7. The van der Waals surface area contributed by atoms with Crippen LogP contribution < -0.4 is 20.7 Å². The number of anilines is 3. The Morgan fingerprint density at radius 3 is 2.56 bits per heavy atom. The predicted octanol–water partition coefficient (Wildman–Crippen LogP) is 7.94. The molecule has 1 fully saturated rings. The van der Waals surface area contributed by atoms with Crippen molar-refractivity contribution < 1.29 is 28.7 Å². The number of fused-ring (bicyclic) bond motifs is 3. The molecule has 1 saturated heterocycles. The Morgan fingerprint density at radius 1 is 0.968 bits per heavy atom. The van der Waals surface area contributed by atoms with Gasteiger partial charge < -0.3 is 34.7 Å². The molecule has 63 heavy (non-hydrogen) atoms. The molecule has 324 valence electrons. The number of rotatable bonds is 13. The zero-order valence-electron chi connectivity index (χ0n) is 36.1. The molecule has 1 atom stereocenters. The van der Waals surface area contributed by atoms with E-state index in [2.05, 4.69) is 53.3 Å². The molecule has 15 nitrogen and oxygen atoms in total. The first-order valence-electron chi connectivity index (χ1n) is 20.6. The molecule has 2 aromatic carbocycles. The highest BCUT2D eigenvalue weighted by atomic mass is 32.1. The van der Waals surface area contributed by atoms with E-state index in [9.17, 15) is 24.0 Å². The van der Waals surface area contributed by atoms with Gasteiger partial charge in [-0.2, -0.15) is 0 Å². The number of nitrogens with one attached hydrogen (secondary N) is 3. The van der Waals surface area contributed by atoms with Gasteiger partial charge in [-0.3, -0.25) is 33.5 Å². The number of nitrogens with zero attached hydrogens (tertiary/aromatic N) is 6. The van der Waals surface area contributed by atoms with Crippen LogP contribution in [0.1, 0.15) is 93.0 Å². The number of ketones is 1. The standard InChI is InChI=1S/C47H49N9O6S/c1-27-15-33-22-48-35-21-41(28(2)16-34(35)44(60)56(33)23-27)62-14-8-9-42(58)51-46-50-36(26-63-46)40(57)18-29-17-38(53(6)24-29)43(59)49-32-20-39(54(7)25-32)45(61)55-13-12-30-10-11-31(19-37(30)55)52-47(3,4)5/h10-13,16-17,19-22,24-26,33,52H,1,8-9,14-15,18,23H2,2-7H3,(H,49,59)(H,50,51,58)/t33-/m0/s1. The zero-order chi connectivity index (χ0) is 44.7. The van der Waals surface area contributed by atoms with Crippen LogP contribution in [0, 0.1) is 6.92 Å². The highest BCUT2D eigenvalue weighted by Gasteiger charge is 2.34. The number of ether oxygens (including phenoxy) is 1. The smallest absolute Gasteiger partial charge is 0.279 e. The summed E-state index contributed by atoms with van der Waals surface area (Å²) in [6, 6.07) is 14.6. The largest absolute Gasteiger partial charge is 0.493 e. The third-order valence-corrected chi connectivity index (χ3v) is 11.6. The minimum atomic E-state index is -0.402. The molecule has 3 amide bonds. The number of hydrogen-bond acceptors (Lipinski definition) is 10. The van der Waals surface area contributed by atoms with Gasteiger partial charge in [0.1, 0.15) is 22.8 Å². The molecular formula is C47H49N9O6S. The van der Waals surface area contributed by atoms with E-state index in [1.807, 2.05) is 31.2 Å². The maximum absolute atomic E-state index is 13.8. The highest BCUT2D eigenvalue weighted by Crippen LogP contribution is 2.35. The molecule has 6 aromatic rings. The second-order valence-electron chi connectivity index (χ2n) is 17.2. The fraction of sp³-hybridized carbons (Fsp3) is 0.298. The van der Waals surface area contributed by atoms with Crippen molar-refractivity contribution in [1.29, 1.82) is 0 Å². The van der Waals surface area contributed by atoms with Gasteiger partial charge in [-0.15, -0.1) is 11.3 Å². The maximum Gasteiger partial charge on any atom is 0.279 e. The number of carbonyl (C=O) groups is 5. The summed E-state index contributed by atoms with van der Waals surface area (Å²) >= 11 is 1.15. The number of thiazole rings is 1. The number of aliphatic imine (C=N–C) groups is 1. The van der Waals surface area contributed by atoms with Crippen molar-refractivity contribution in [3.8, 4) is 5.75 Å². The molecule has 2 aliphatic heterocycles. The lowest BCUT2D eigenvalue weighted by atomic mass is 10.1. The predicted molar refractivity (Wildman–Crippen MR) is 245 cm³/mol. The molecule has 2 aliphatic rings. The van der Waals surface area contributed by atoms with Gasteiger partial charge in [-0.05, 0) is 88.1 Å². The van der Waals surface area contributed by atoms with Gasteiger partial charge in [0.05, 0.1) is 35.1 Å². The van der Waals surface area contributed by atoms with Gasteiger partial charge in [0.25, 0.3) is 17.7 Å². The molecule has 0 bridgehead atoms. The Morgan fingerprint density at radius 2 is 1.76 bits per heavy atom. The Labute approximate surface area is 368 Å².